The maximum absolute atomic E-state index is 8.96. The van der Waals surface area contributed by atoms with Gasteiger partial charge in [0.05, 0.1) is 23.8 Å². The number of nitrogens with zero attached hydrogens (tertiary/aromatic N) is 2. The van der Waals surface area contributed by atoms with Gasteiger partial charge in [-0.1, -0.05) is 36.4 Å². The van der Waals surface area contributed by atoms with E-state index >= 15 is 0 Å². The Morgan fingerprint density at radius 3 is 2.35 bits per heavy atom. The highest BCUT2D eigenvalue weighted by Crippen LogP contribution is 2.15. The number of hydrogen-bond donors (Lipinski definition) is 1. The average Bonchev–Trinajstić information content (AvgIpc) is 2.62. The number of hydrogen-bond acceptors (Lipinski definition) is 4. The first-order chi connectivity index (χ1) is 12.6. The lowest BCUT2D eigenvalue weighted by Crippen LogP contribution is -2.44. The monoisotopic (exact) mass is 349 g/mol. The third-order valence-electron chi connectivity index (χ3n) is 4.64. The van der Waals surface area contributed by atoms with Crippen LogP contribution in [0.1, 0.15) is 36.1 Å². The van der Waals surface area contributed by atoms with Gasteiger partial charge < -0.3 is 10.1 Å². The second kappa shape index (κ2) is 8.95. The minimum Gasteiger partial charge on any atom is -0.373 e. The van der Waals surface area contributed by atoms with E-state index in [-0.39, 0.29) is 0 Å². The molecule has 0 radical (unpaired) electrons. The molecule has 0 amide bonds. The van der Waals surface area contributed by atoms with Gasteiger partial charge in [-0.15, -0.1) is 0 Å². The average molecular weight is 349 g/mol. The maximum Gasteiger partial charge on any atom is 0.0991 e. The van der Waals surface area contributed by atoms with Crippen LogP contribution in [0.4, 0.5) is 0 Å². The van der Waals surface area contributed by atoms with E-state index in [4.69, 9.17) is 10.00 Å². The first kappa shape index (κ1) is 18.6. The second-order valence-corrected chi connectivity index (χ2v) is 7.18. The molecule has 1 heterocycles. The normalized spacial score (nSPS) is 20.7. The number of nitriles is 1. The minimum absolute atomic E-state index is 0.307. The molecule has 1 aliphatic heterocycles. The van der Waals surface area contributed by atoms with Crippen LogP contribution in [-0.4, -0.2) is 30.2 Å². The molecular formula is C22H27N3O. The zero-order valence-electron chi connectivity index (χ0n) is 15.6. The molecule has 2 aromatic rings. The molecule has 3 rings (SSSR count). The fraction of sp³-hybridized carbons (Fsp3) is 0.409. The molecule has 1 fully saturated rings. The number of ether oxygens (including phenoxy) is 1. The van der Waals surface area contributed by atoms with Gasteiger partial charge in [-0.3, -0.25) is 4.90 Å². The molecule has 0 aromatic heterocycles. The van der Waals surface area contributed by atoms with Gasteiger partial charge in [-0.25, -0.2) is 0 Å². The molecule has 2 atom stereocenters. The van der Waals surface area contributed by atoms with Crippen molar-refractivity contribution in [3.05, 3.63) is 70.8 Å². The summed E-state index contributed by atoms with van der Waals surface area (Å²) in [6.07, 6.45) is 0.614. The van der Waals surface area contributed by atoms with Crippen molar-refractivity contribution in [3.63, 3.8) is 0 Å². The van der Waals surface area contributed by atoms with Crippen LogP contribution < -0.4 is 5.32 Å². The van der Waals surface area contributed by atoms with Crippen molar-refractivity contribution >= 4 is 0 Å². The summed E-state index contributed by atoms with van der Waals surface area (Å²) in [7, 11) is 0. The Bertz CT molecular complexity index is 741. The van der Waals surface area contributed by atoms with Crippen molar-refractivity contribution in [2.75, 3.05) is 13.1 Å². The van der Waals surface area contributed by atoms with Crippen LogP contribution in [0.3, 0.4) is 0 Å². The first-order valence-electron chi connectivity index (χ1n) is 9.28. The van der Waals surface area contributed by atoms with E-state index in [0.29, 0.717) is 17.8 Å². The van der Waals surface area contributed by atoms with Crippen LogP contribution >= 0.6 is 0 Å². The summed E-state index contributed by atoms with van der Waals surface area (Å²) in [5.74, 6) is 0. The van der Waals surface area contributed by atoms with E-state index < -0.39 is 0 Å². The van der Waals surface area contributed by atoms with Crippen LogP contribution in [0.5, 0.6) is 0 Å². The second-order valence-electron chi connectivity index (χ2n) is 7.18. The molecular weight excluding hydrogens is 322 g/mol. The molecule has 0 spiro atoms. The van der Waals surface area contributed by atoms with Gasteiger partial charge in [0.25, 0.3) is 0 Å². The van der Waals surface area contributed by atoms with Gasteiger partial charge >= 0.3 is 0 Å². The molecule has 4 nitrogen and oxygen atoms in total. The minimum atomic E-state index is 0.307. The molecule has 136 valence electrons. The number of rotatable bonds is 6. The third kappa shape index (κ3) is 5.40. The van der Waals surface area contributed by atoms with E-state index in [2.05, 4.69) is 54.4 Å². The number of nitrogens with one attached hydrogen (secondary N) is 1. The summed E-state index contributed by atoms with van der Waals surface area (Å²) in [6.45, 7) is 8.84. The Hall–Kier alpha value is -2.19. The summed E-state index contributed by atoms with van der Waals surface area (Å²) >= 11 is 0. The summed E-state index contributed by atoms with van der Waals surface area (Å²) in [5, 5.41) is 12.4. The van der Waals surface area contributed by atoms with Crippen LogP contribution in [0, 0.1) is 11.3 Å². The van der Waals surface area contributed by atoms with Crippen molar-refractivity contribution in [3.8, 4) is 6.07 Å². The predicted molar refractivity (Wildman–Crippen MR) is 103 cm³/mol. The quantitative estimate of drug-likeness (QED) is 0.868. The van der Waals surface area contributed by atoms with E-state index in [9.17, 15) is 0 Å². The Balaban J connectivity index is 1.47. The van der Waals surface area contributed by atoms with Crippen molar-refractivity contribution in [2.24, 2.45) is 0 Å². The van der Waals surface area contributed by atoms with Crippen molar-refractivity contribution < 1.29 is 4.74 Å². The predicted octanol–water partition coefficient (Wildman–Crippen LogP) is 3.46. The number of benzene rings is 2. The topological polar surface area (TPSA) is 48.3 Å². The standard InChI is InChI=1S/C22H27N3O/c1-17-14-25(15-18(2)26-17)16-20-8-6-19(7-9-20)12-24-13-22-5-3-4-21(10-22)11-23/h3-10,17-18,24H,12-16H2,1-2H3. The van der Waals surface area contributed by atoms with Crippen molar-refractivity contribution in [1.82, 2.24) is 10.2 Å². The van der Waals surface area contributed by atoms with Crippen LogP contribution in [0.25, 0.3) is 0 Å². The fourth-order valence-corrected chi connectivity index (χ4v) is 3.54. The lowest BCUT2D eigenvalue weighted by molar-refractivity contribution is -0.0704. The molecule has 4 heteroatoms. The summed E-state index contributed by atoms with van der Waals surface area (Å²) in [4.78, 5) is 2.47. The molecule has 2 aromatic carbocycles. The molecule has 1 N–H and O–H groups in total. The highest BCUT2D eigenvalue weighted by Gasteiger charge is 2.21. The van der Waals surface area contributed by atoms with Gasteiger partial charge in [0.15, 0.2) is 0 Å². The Kier molecular flexibility index (Phi) is 6.40. The number of morpholine rings is 1. The first-order valence-corrected chi connectivity index (χ1v) is 9.28. The molecule has 1 aliphatic rings. The Morgan fingerprint density at radius 2 is 1.65 bits per heavy atom. The summed E-state index contributed by atoms with van der Waals surface area (Å²) in [6, 6.07) is 18.7. The molecule has 1 saturated heterocycles. The van der Waals surface area contributed by atoms with Crippen molar-refractivity contribution in [1.29, 1.82) is 5.26 Å². The smallest absolute Gasteiger partial charge is 0.0991 e. The zero-order chi connectivity index (χ0) is 18.4. The van der Waals surface area contributed by atoms with Crippen LogP contribution in [0.15, 0.2) is 48.5 Å². The highest BCUT2D eigenvalue weighted by atomic mass is 16.5. The van der Waals surface area contributed by atoms with Crippen LogP contribution in [-0.2, 0) is 24.4 Å². The molecule has 26 heavy (non-hydrogen) atoms. The SMILES string of the molecule is CC1CN(Cc2ccc(CNCc3cccc(C#N)c3)cc2)CC(C)O1. The van der Waals surface area contributed by atoms with E-state index in [1.807, 2.05) is 24.3 Å². The fourth-order valence-electron chi connectivity index (χ4n) is 3.54. The zero-order valence-corrected chi connectivity index (χ0v) is 15.6. The lowest BCUT2D eigenvalue weighted by atomic mass is 10.1. The maximum atomic E-state index is 8.96. The lowest BCUT2D eigenvalue weighted by Gasteiger charge is -2.35. The molecule has 2 unspecified atom stereocenters. The van der Waals surface area contributed by atoms with Gasteiger partial charge in [0.2, 0.25) is 0 Å². The summed E-state index contributed by atoms with van der Waals surface area (Å²) < 4.78 is 5.80. The Morgan fingerprint density at radius 1 is 1.00 bits per heavy atom. The molecule has 0 saturated carbocycles. The Labute approximate surface area is 156 Å². The largest absolute Gasteiger partial charge is 0.373 e. The molecule has 0 aliphatic carbocycles. The van der Waals surface area contributed by atoms with Crippen LogP contribution in [0.2, 0.25) is 0 Å². The van der Waals surface area contributed by atoms with Gasteiger partial charge in [0, 0.05) is 32.7 Å². The van der Waals surface area contributed by atoms with E-state index in [1.54, 1.807) is 0 Å². The van der Waals surface area contributed by atoms with Gasteiger partial charge in [-0.2, -0.15) is 5.26 Å². The van der Waals surface area contributed by atoms with Gasteiger partial charge in [-0.05, 0) is 42.7 Å². The van der Waals surface area contributed by atoms with E-state index in [0.717, 1.165) is 38.3 Å². The van der Waals surface area contributed by atoms with Gasteiger partial charge in [0.1, 0.15) is 0 Å². The molecule has 0 bridgehead atoms. The third-order valence-corrected chi connectivity index (χ3v) is 4.64. The highest BCUT2D eigenvalue weighted by molar-refractivity contribution is 5.32. The van der Waals surface area contributed by atoms with E-state index in [1.165, 1.54) is 11.1 Å². The van der Waals surface area contributed by atoms with Crippen molar-refractivity contribution in [2.45, 2.75) is 45.7 Å². The summed E-state index contributed by atoms with van der Waals surface area (Å²) in [5.41, 5.74) is 4.46.